The number of carbonyl (C=O) groups excluding carboxylic acids is 3. The van der Waals surface area contributed by atoms with Crippen LogP contribution in [-0.4, -0.2) is 37.6 Å². The van der Waals surface area contributed by atoms with Gasteiger partial charge in [-0.3, -0.25) is 9.59 Å². The lowest BCUT2D eigenvalue weighted by Crippen LogP contribution is -2.47. The van der Waals surface area contributed by atoms with E-state index in [0.717, 1.165) is 36.8 Å². The van der Waals surface area contributed by atoms with Gasteiger partial charge in [-0.15, -0.1) is 0 Å². The topological polar surface area (TPSA) is 66.5 Å². The minimum absolute atomic E-state index is 0.0334. The Labute approximate surface area is 142 Å². The Morgan fingerprint density at radius 2 is 2.17 bits per heavy atom. The van der Waals surface area contributed by atoms with Crippen molar-refractivity contribution in [3.05, 3.63) is 29.3 Å². The number of carbonyl (C=O) groups is 3. The molecule has 1 unspecified atom stereocenters. The second kappa shape index (κ2) is 6.48. The van der Waals surface area contributed by atoms with E-state index in [-0.39, 0.29) is 24.7 Å². The first-order valence-electron chi connectivity index (χ1n) is 8.67. The van der Waals surface area contributed by atoms with Gasteiger partial charge in [0, 0.05) is 12.1 Å². The normalized spacial score (nSPS) is 18.6. The van der Waals surface area contributed by atoms with Crippen molar-refractivity contribution >= 4 is 23.7 Å². The zero-order valence-electron chi connectivity index (χ0n) is 14.3. The highest BCUT2D eigenvalue weighted by Gasteiger charge is 2.60. The van der Waals surface area contributed by atoms with Crippen LogP contribution in [0.3, 0.4) is 0 Å². The summed E-state index contributed by atoms with van der Waals surface area (Å²) in [5, 5.41) is 2.87. The first-order valence-corrected chi connectivity index (χ1v) is 8.67. The van der Waals surface area contributed by atoms with E-state index < -0.39 is 11.5 Å². The molecule has 0 radical (unpaired) electrons. The molecule has 1 N–H and O–H groups in total. The zero-order chi connectivity index (χ0) is 17.3. The number of aldehydes is 1. The first-order chi connectivity index (χ1) is 11.6. The molecule has 1 aromatic rings. The van der Waals surface area contributed by atoms with Crippen LogP contribution in [0.25, 0.3) is 0 Å². The van der Waals surface area contributed by atoms with Crippen molar-refractivity contribution < 1.29 is 14.4 Å². The van der Waals surface area contributed by atoms with Crippen LogP contribution in [0.5, 0.6) is 0 Å². The molecule has 1 heterocycles. The molecule has 2 aliphatic rings. The number of benzene rings is 1. The highest BCUT2D eigenvalue weighted by atomic mass is 16.2. The van der Waals surface area contributed by atoms with E-state index in [4.69, 9.17) is 0 Å². The van der Waals surface area contributed by atoms with Crippen molar-refractivity contribution in [2.75, 3.05) is 18.5 Å². The van der Waals surface area contributed by atoms with Crippen molar-refractivity contribution in [2.45, 2.75) is 50.5 Å². The van der Waals surface area contributed by atoms with Crippen LogP contribution in [0, 0.1) is 0 Å². The maximum atomic E-state index is 13.1. The number of Topliss-reactive ketones (excluding diaryl/α,β-unsaturated/α-hetero) is 1. The Morgan fingerprint density at radius 3 is 2.75 bits per heavy atom. The smallest absolute Gasteiger partial charge is 0.238 e. The summed E-state index contributed by atoms with van der Waals surface area (Å²) in [4.78, 5) is 38.2. The third kappa shape index (κ3) is 2.57. The largest absolute Gasteiger partial charge is 0.313 e. The van der Waals surface area contributed by atoms with E-state index in [1.54, 1.807) is 11.9 Å². The molecule has 0 aromatic heterocycles. The van der Waals surface area contributed by atoms with Gasteiger partial charge in [-0.05, 0) is 49.9 Å². The van der Waals surface area contributed by atoms with E-state index in [1.807, 2.05) is 12.1 Å². The number of rotatable bonds is 8. The Hall–Kier alpha value is -2.01. The number of likely N-dealkylation sites (N-methyl/N-ethyl adjacent to an activating group) is 1. The molecule has 128 valence electrons. The van der Waals surface area contributed by atoms with Gasteiger partial charge in [0.05, 0.1) is 18.0 Å². The molecule has 1 aliphatic heterocycles. The van der Waals surface area contributed by atoms with Crippen LogP contribution in [-0.2, 0) is 26.2 Å². The second-order valence-corrected chi connectivity index (χ2v) is 6.72. The molecule has 0 bridgehead atoms. The summed E-state index contributed by atoms with van der Waals surface area (Å²) < 4.78 is 0. The molecule has 1 atom stereocenters. The molecule has 5 heteroatoms. The molecule has 24 heavy (non-hydrogen) atoms. The van der Waals surface area contributed by atoms with Gasteiger partial charge in [0.25, 0.3) is 0 Å². The van der Waals surface area contributed by atoms with Crippen molar-refractivity contribution in [1.29, 1.82) is 0 Å². The SMILES string of the molecule is CCc1ccc2c(c1)C1(CC1)C(=O)N2C(CCC=O)C(=O)CNC. The van der Waals surface area contributed by atoms with Crippen LogP contribution in [0.2, 0.25) is 0 Å². The lowest BCUT2D eigenvalue weighted by Gasteiger charge is -2.27. The van der Waals surface area contributed by atoms with Gasteiger partial charge in [-0.1, -0.05) is 19.1 Å². The molecular weight excluding hydrogens is 304 g/mol. The number of nitrogens with one attached hydrogen (secondary N) is 1. The molecule has 1 spiro atoms. The van der Waals surface area contributed by atoms with Gasteiger partial charge >= 0.3 is 0 Å². The number of aryl methyl sites for hydroxylation is 1. The first kappa shape index (κ1) is 16.8. The summed E-state index contributed by atoms with van der Waals surface area (Å²) in [7, 11) is 1.71. The predicted octanol–water partition coefficient (Wildman–Crippen LogP) is 1.76. The lowest BCUT2D eigenvalue weighted by molar-refractivity contribution is -0.125. The van der Waals surface area contributed by atoms with Gasteiger partial charge in [-0.2, -0.15) is 0 Å². The molecular formula is C19H24N2O3. The minimum atomic E-state index is -0.568. The van der Waals surface area contributed by atoms with E-state index in [9.17, 15) is 14.4 Å². The second-order valence-electron chi connectivity index (χ2n) is 6.72. The monoisotopic (exact) mass is 328 g/mol. The predicted molar refractivity (Wildman–Crippen MR) is 92.2 cm³/mol. The van der Waals surface area contributed by atoms with Crippen molar-refractivity contribution in [3.63, 3.8) is 0 Å². The number of hydrogen-bond acceptors (Lipinski definition) is 4. The van der Waals surface area contributed by atoms with Crippen LogP contribution < -0.4 is 10.2 Å². The average Bonchev–Trinajstić information content (AvgIpc) is 3.35. The third-order valence-electron chi connectivity index (χ3n) is 5.21. The molecule has 1 aliphatic carbocycles. The third-order valence-corrected chi connectivity index (χ3v) is 5.21. The molecule has 1 aromatic carbocycles. The van der Waals surface area contributed by atoms with Gasteiger partial charge < -0.3 is 15.0 Å². The highest BCUT2D eigenvalue weighted by Crippen LogP contribution is 2.58. The summed E-state index contributed by atoms with van der Waals surface area (Å²) in [6.07, 6.45) is 4.09. The number of anilines is 1. The van der Waals surface area contributed by atoms with E-state index in [2.05, 4.69) is 18.3 Å². The van der Waals surface area contributed by atoms with Gasteiger partial charge in [0.2, 0.25) is 5.91 Å². The summed E-state index contributed by atoms with van der Waals surface area (Å²) in [6.45, 7) is 2.29. The quantitative estimate of drug-likeness (QED) is 0.739. The fourth-order valence-corrected chi connectivity index (χ4v) is 3.72. The summed E-state index contributed by atoms with van der Waals surface area (Å²) in [5.74, 6) is -0.0120. The summed E-state index contributed by atoms with van der Waals surface area (Å²) in [6, 6.07) is 5.56. The Kier molecular flexibility index (Phi) is 4.54. The molecule has 0 saturated heterocycles. The summed E-state index contributed by atoms with van der Waals surface area (Å²) >= 11 is 0. The lowest BCUT2D eigenvalue weighted by atomic mass is 9.95. The van der Waals surface area contributed by atoms with E-state index in [0.29, 0.717) is 6.42 Å². The van der Waals surface area contributed by atoms with Crippen molar-refractivity contribution in [3.8, 4) is 0 Å². The Morgan fingerprint density at radius 1 is 1.42 bits per heavy atom. The molecule has 5 nitrogen and oxygen atoms in total. The van der Waals surface area contributed by atoms with Gasteiger partial charge in [0.1, 0.15) is 6.29 Å². The zero-order valence-corrected chi connectivity index (χ0v) is 14.3. The minimum Gasteiger partial charge on any atom is -0.313 e. The Balaban J connectivity index is 2.01. The number of ketones is 1. The van der Waals surface area contributed by atoms with Crippen LogP contribution in [0.1, 0.15) is 43.7 Å². The van der Waals surface area contributed by atoms with Crippen LogP contribution in [0.4, 0.5) is 5.69 Å². The van der Waals surface area contributed by atoms with Gasteiger partial charge in [-0.25, -0.2) is 0 Å². The number of fused-ring (bicyclic) bond motifs is 2. The molecule has 1 amide bonds. The number of amides is 1. The maximum absolute atomic E-state index is 13.1. The van der Waals surface area contributed by atoms with E-state index >= 15 is 0 Å². The van der Waals surface area contributed by atoms with E-state index in [1.165, 1.54) is 5.56 Å². The molecule has 1 fully saturated rings. The van der Waals surface area contributed by atoms with Crippen LogP contribution >= 0.6 is 0 Å². The Bertz CT molecular complexity index is 679. The van der Waals surface area contributed by atoms with Crippen molar-refractivity contribution in [1.82, 2.24) is 5.32 Å². The fraction of sp³-hybridized carbons (Fsp3) is 0.526. The fourth-order valence-electron chi connectivity index (χ4n) is 3.72. The maximum Gasteiger partial charge on any atom is 0.238 e. The molecule has 1 saturated carbocycles. The van der Waals surface area contributed by atoms with Crippen molar-refractivity contribution in [2.24, 2.45) is 0 Å². The number of nitrogens with zero attached hydrogens (tertiary/aromatic N) is 1. The summed E-state index contributed by atoms with van der Waals surface area (Å²) in [5.41, 5.74) is 2.72. The standard InChI is InChI=1S/C19H24N2O3/c1-3-13-6-7-15-14(11-13)19(8-9-19)18(24)21(15)16(5-4-10-22)17(23)12-20-2/h6-7,10-11,16,20H,3-5,8-9,12H2,1-2H3. The van der Waals surface area contributed by atoms with Crippen LogP contribution in [0.15, 0.2) is 18.2 Å². The molecule has 3 rings (SSSR count). The average molecular weight is 328 g/mol. The highest BCUT2D eigenvalue weighted by molar-refractivity contribution is 6.13. The number of hydrogen-bond donors (Lipinski definition) is 1. The van der Waals surface area contributed by atoms with Gasteiger partial charge in [0.15, 0.2) is 5.78 Å².